The van der Waals surface area contributed by atoms with Crippen molar-refractivity contribution in [2.45, 2.75) is 57.9 Å². The van der Waals surface area contributed by atoms with Crippen LogP contribution in [0.2, 0.25) is 0 Å². The van der Waals surface area contributed by atoms with Gasteiger partial charge in [-0.2, -0.15) is 0 Å². The molecule has 0 aliphatic heterocycles. The molecule has 0 saturated heterocycles. The van der Waals surface area contributed by atoms with Crippen LogP contribution in [-0.4, -0.2) is 11.5 Å². The summed E-state index contributed by atoms with van der Waals surface area (Å²) in [6, 6.07) is 0. The summed E-state index contributed by atoms with van der Waals surface area (Å²) < 4.78 is 5.81. The average molecular weight is 222 g/mol. The molecule has 1 saturated carbocycles. The van der Waals surface area contributed by atoms with E-state index in [9.17, 15) is 0 Å². The molecule has 1 aliphatic rings. The van der Waals surface area contributed by atoms with Crippen LogP contribution in [0.5, 0.6) is 0 Å². The van der Waals surface area contributed by atoms with Crippen LogP contribution in [0, 0.1) is 0 Å². The van der Waals surface area contributed by atoms with Crippen LogP contribution in [0.3, 0.4) is 0 Å². The van der Waals surface area contributed by atoms with E-state index in [0.717, 1.165) is 24.7 Å². The zero-order chi connectivity index (χ0) is 11.2. The van der Waals surface area contributed by atoms with Crippen molar-refractivity contribution in [2.24, 2.45) is 0 Å². The van der Waals surface area contributed by atoms with Gasteiger partial charge in [0.1, 0.15) is 5.76 Å². The minimum Gasteiger partial charge on any atom is -0.444 e. The molecule has 2 rings (SSSR count). The number of nitrogens with one attached hydrogen (secondary N) is 1. The zero-order valence-corrected chi connectivity index (χ0v) is 10.2. The lowest BCUT2D eigenvalue weighted by Crippen LogP contribution is -2.11. The van der Waals surface area contributed by atoms with E-state index in [1.807, 2.05) is 6.20 Å². The van der Waals surface area contributed by atoms with Gasteiger partial charge in [-0.15, -0.1) is 0 Å². The standard InChI is InChI=1S/C13H22N2O/c1-2-14-10-13-15-9-12(16-13)11-7-5-3-4-6-8-11/h9,11,14H,2-8,10H2,1H3. The summed E-state index contributed by atoms with van der Waals surface area (Å²) in [5.41, 5.74) is 0. The van der Waals surface area contributed by atoms with E-state index in [4.69, 9.17) is 4.42 Å². The number of hydrogen-bond donors (Lipinski definition) is 1. The Morgan fingerprint density at radius 1 is 1.31 bits per heavy atom. The average Bonchev–Trinajstić information content (AvgIpc) is 2.60. The Labute approximate surface area is 97.6 Å². The van der Waals surface area contributed by atoms with Crippen LogP contribution in [0.4, 0.5) is 0 Å². The van der Waals surface area contributed by atoms with Crippen molar-refractivity contribution in [3.05, 3.63) is 17.8 Å². The third kappa shape index (κ3) is 3.08. The molecule has 1 aliphatic carbocycles. The lowest BCUT2D eigenvalue weighted by molar-refractivity contribution is 0.395. The predicted octanol–water partition coefficient (Wildman–Crippen LogP) is 3.22. The predicted molar refractivity (Wildman–Crippen MR) is 64.3 cm³/mol. The van der Waals surface area contributed by atoms with Crippen LogP contribution >= 0.6 is 0 Å². The summed E-state index contributed by atoms with van der Waals surface area (Å²) in [5, 5.41) is 3.24. The van der Waals surface area contributed by atoms with Gasteiger partial charge in [-0.25, -0.2) is 4.98 Å². The van der Waals surface area contributed by atoms with E-state index in [2.05, 4.69) is 17.2 Å². The van der Waals surface area contributed by atoms with Crippen molar-refractivity contribution < 1.29 is 4.42 Å². The molecule has 0 bridgehead atoms. The van der Waals surface area contributed by atoms with Crippen LogP contribution in [0.1, 0.15) is 63.0 Å². The zero-order valence-electron chi connectivity index (χ0n) is 10.2. The van der Waals surface area contributed by atoms with Gasteiger partial charge in [-0.3, -0.25) is 0 Å². The van der Waals surface area contributed by atoms with Crippen LogP contribution in [-0.2, 0) is 6.54 Å². The summed E-state index contributed by atoms with van der Waals surface area (Å²) in [7, 11) is 0. The van der Waals surface area contributed by atoms with Gasteiger partial charge in [-0.1, -0.05) is 32.6 Å². The first-order valence-corrected chi connectivity index (χ1v) is 6.55. The lowest BCUT2D eigenvalue weighted by Gasteiger charge is -2.09. The van der Waals surface area contributed by atoms with Gasteiger partial charge in [0.2, 0.25) is 5.89 Å². The molecule has 0 amide bonds. The second-order valence-corrected chi connectivity index (χ2v) is 4.63. The van der Waals surface area contributed by atoms with Crippen molar-refractivity contribution >= 4 is 0 Å². The van der Waals surface area contributed by atoms with Gasteiger partial charge in [0.25, 0.3) is 0 Å². The number of nitrogens with zero attached hydrogens (tertiary/aromatic N) is 1. The minimum absolute atomic E-state index is 0.616. The second-order valence-electron chi connectivity index (χ2n) is 4.63. The van der Waals surface area contributed by atoms with Gasteiger partial charge in [-0.05, 0) is 19.4 Å². The Kier molecular flexibility index (Phi) is 4.40. The highest BCUT2D eigenvalue weighted by molar-refractivity contribution is 5.02. The maximum Gasteiger partial charge on any atom is 0.208 e. The van der Waals surface area contributed by atoms with Crippen LogP contribution in [0.25, 0.3) is 0 Å². The van der Waals surface area contributed by atoms with Crippen molar-refractivity contribution in [3.8, 4) is 0 Å². The number of aromatic nitrogens is 1. The van der Waals surface area contributed by atoms with Crippen molar-refractivity contribution in [3.63, 3.8) is 0 Å². The molecule has 0 unspecified atom stereocenters. The Morgan fingerprint density at radius 2 is 2.06 bits per heavy atom. The number of rotatable bonds is 4. The summed E-state index contributed by atoms with van der Waals surface area (Å²) in [4.78, 5) is 4.33. The summed E-state index contributed by atoms with van der Waals surface area (Å²) >= 11 is 0. The van der Waals surface area contributed by atoms with Gasteiger partial charge < -0.3 is 9.73 Å². The number of hydrogen-bond acceptors (Lipinski definition) is 3. The molecular formula is C13H22N2O. The SMILES string of the molecule is CCNCc1ncc(C2CCCCCC2)o1. The van der Waals surface area contributed by atoms with E-state index in [1.165, 1.54) is 38.5 Å². The largest absolute Gasteiger partial charge is 0.444 e. The fourth-order valence-electron chi connectivity index (χ4n) is 2.39. The molecule has 0 aromatic carbocycles. The third-order valence-corrected chi connectivity index (χ3v) is 3.36. The molecule has 1 heterocycles. The van der Waals surface area contributed by atoms with E-state index in [0.29, 0.717) is 5.92 Å². The maximum atomic E-state index is 5.81. The molecule has 1 N–H and O–H groups in total. The molecule has 3 nitrogen and oxygen atoms in total. The fourth-order valence-corrected chi connectivity index (χ4v) is 2.39. The van der Waals surface area contributed by atoms with Gasteiger partial charge in [0, 0.05) is 5.92 Å². The van der Waals surface area contributed by atoms with Crippen molar-refractivity contribution in [2.75, 3.05) is 6.54 Å². The molecule has 3 heteroatoms. The Hall–Kier alpha value is -0.830. The van der Waals surface area contributed by atoms with Gasteiger partial charge in [0.15, 0.2) is 0 Å². The van der Waals surface area contributed by atoms with E-state index >= 15 is 0 Å². The molecule has 1 fully saturated rings. The molecule has 0 spiro atoms. The normalized spacial score (nSPS) is 18.6. The molecule has 1 aromatic heterocycles. The van der Waals surface area contributed by atoms with E-state index in [1.54, 1.807) is 0 Å². The molecule has 90 valence electrons. The Balaban J connectivity index is 1.94. The molecule has 1 aromatic rings. The maximum absolute atomic E-state index is 5.81. The van der Waals surface area contributed by atoms with Gasteiger partial charge in [0.05, 0.1) is 12.7 Å². The third-order valence-electron chi connectivity index (χ3n) is 3.36. The van der Waals surface area contributed by atoms with Crippen LogP contribution < -0.4 is 5.32 Å². The highest BCUT2D eigenvalue weighted by Gasteiger charge is 2.18. The highest BCUT2D eigenvalue weighted by atomic mass is 16.4. The summed E-state index contributed by atoms with van der Waals surface area (Å²) in [6.07, 6.45) is 9.93. The van der Waals surface area contributed by atoms with E-state index < -0.39 is 0 Å². The van der Waals surface area contributed by atoms with Crippen LogP contribution in [0.15, 0.2) is 10.6 Å². The second kappa shape index (κ2) is 6.04. The van der Waals surface area contributed by atoms with Gasteiger partial charge >= 0.3 is 0 Å². The quantitative estimate of drug-likeness (QED) is 0.795. The monoisotopic (exact) mass is 222 g/mol. The first kappa shape index (κ1) is 11.6. The highest BCUT2D eigenvalue weighted by Crippen LogP contribution is 2.31. The first-order chi connectivity index (χ1) is 7.90. The Bertz CT molecular complexity index is 301. The molecular weight excluding hydrogens is 200 g/mol. The summed E-state index contributed by atoms with van der Waals surface area (Å²) in [6.45, 7) is 3.81. The van der Waals surface area contributed by atoms with Crippen molar-refractivity contribution in [1.82, 2.24) is 10.3 Å². The van der Waals surface area contributed by atoms with Crippen molar-refractivity contribution in [1.29, 1.82) is 0 Å². The number of oxazole rings is 1. The molecule has 0 atom stereocenters. The summed E-state index contributed by atoms with van der Waals surface area (Å²) in [5.74, 6) is 2.56. The lowest BCUT2D eigenvalue weighted by atomic mass is 9.98. The first-order valence-electron chi connectivity index (χ1n) is 6.55. The topological polar surface area (TPSA) is 38.1 Å². The Morgan fingerprint density at radius 3 is 2.75 bits per heavy atom. The molecule has 0 radical (unpaired) electrons. The molecule has 16 heavy (non-hydrogen) atoms. The smallest absolute Gasteiger partial charge is 0.208 e. The fraction of sp³-hybridized carbons (Fsp3) is 0.769. The minimum atomic E-state index is 0.616. The van der Waals surface area contributed by atoms with E-state index in [-0.39, 0.29) is 0 Å².